The molecule has 1 fully saturated rings. The van der Waals surface area contributed by atoms with Crippen LogP contribution in [0.1, 0.15) is 18.4 Å². The highest BCUT2D eigenvalue weighted by Crippen LogP contribution is 2.20. The summed E-state index contributed by atoms with van der Waals surface area (Å²) in [6.07, 6.45) is 7.65. The lowest BCUT2D eigenvalue weighted by Crippen LogP contribution is -2.40. The van der Waals surface area contributed by atoms with Crippen molar-refractivity contribution in [2.75, 3.05) is 26.3 Å². The molecule has 1 heterocycles. The number of hydrogen-bond acceptors (Lipinski definition) is 2. The lowest BCUT2D eigenvalue weighted by molar-refractivity contribution is -0.132. The first kappa shape index (κ1) is 16.5. The number of likely N-dealkylation sites (tertiary alicyclic amines) is 1. The number of hydrogen-bond donors (Lipinski definition) is 0. The molecule has 1 aliphatic heterocycles. The fraction of sp³-hybridized carbons (Fsp3) is 0.381. The van der Waals surface area contributed by atoms with Crippen LogP contribution in [0.5, 0.6) is 0 Å². The Hall–Kier alpha value is -2.31. The van der Waals surface area contributed by atoms with Gasteiger partial charge in [0.15, 0.2) is 0 Å². The third kappa shape index (κ3) is 4.15. The summed E-state index contributed by atoms with van der Waals surface area (Å²) in [5.41, 5.74) is 1.08. The van der Waals surface area contributed by atoms with E-state index >= 15 is 0 Å². The number of rotatable bonds is 5. The second kappa shape index (κ2) is 7.99. The minimum atomic E-state index is 0.216. The van der Waals surface area contributed by atoms with E-state index < -0.39 is 0 Å². The zero-order valence-corrected chi connectivity index (χ0v) is 13.9. The molecule has 124 valence electrons. The molecule has 1 saturated heterocycles. The lowest BCUT2D eigenvalue weighted by atomic mass is 9.97. The van der Waals surface area contributed by atoms with Crippen molar-refractivity contribution in [1.82, 2.24) is 4.90 Å². The van der Waals surface area contributed by atoms with Gasteiger partial charge in [-0.2, -0.15) is 0 Å². The molecule has 3 rings (SSSR count). The molecule has 0 N–H and O–H groups in total. The van der Waals surface area contributed by atoms with Crippen molar-refractivity contribution in [2.24, 2.45) is 5.92 Å². The molecule has 0 radical (unpaired) electrons. The molecule has 0 bridgehead atoms. The maximum Gasteiger partial charge on any atom is 0.226 e. The first-order valence-corrected chi connectivity index (χ1v) is 8.53. The van der Waals surface area contributed by atoms with Crippen LogP contribution in [0.15, 0.2) is 42.5 Å². The zero-order chi connectivity index (χ0) is 16.8. The highest BCUT2D eigenvalue weighted by atomic mass is 16.5. The molecule has 1 amide bonds. The summed E-state index contributed by atoms with van der Waals surface area (Å²) < 4.78 is 5.41. The minimum absolute atomic E-state index is 0.216. The van der Waals surface area contributed by atoms with Gasteiger partial charge in [-0.25, -0.2) is 0 Å². The maximum absolute atomic E-state index is 12.5. The van der Waals surface area contributed by atoms with E-state index in [4.69, 9.17) is 11.2 Å². The van der Waals surface area contributed by atoms with Crippen LogP contribution in [0.25, 0.3) is 10.8 Å². The van der Waals surface area contributed by atoms with E-state index in [0.29, 0.717) is 25.6 Å². The number of benzene rings is 2. The van der Waals surface area contributed by atoms with Crippen LogP contribution < -0.4 is 0 Å². The zero-order valence-electron chi connectivity index (χ0n) is 13.9. The quantitative estimate of drug-likeness (QED) is 0.625. The van der Waals surface area contributed by atoms with Crippen LogP contribution in [-0.2, 0) is 16.0 Å². The Morgan fingerprint density at radius 2 is 1.92 bits per heavy atom. The Kier molecular flexibility index (Phi) is 5.51. The second-order valence-electron chi connectivity index (χ2n) is 6.40. The van der Waals surface area contributed by atoms with Gasteiger partial charge in [-0.05, 0) is 35.1 Å². The van der Waals surface area contributed by atoms with Crippen LogP contribution in [0, 0.1) is 18.3 Å². The highest BCUT2D eigenvalue weighted by molar-refractivity contribution is 5.85. The Morgan fingerprint density at radius 1 is 1.17 bits per heavy atom. The fourth-order valence-electron chi connectivity index (χ4n) is 3.27. The van der Waals surface area contributed by atoms with Gasteiger partial charge in [0.05, 0.1) is 13.0 Å². The number of amides is 1. The number of nitrogens with zero attached hydrogens (tertiary/aromatic N) is 1. The third-order valence-corrected chi connectivity index (χ3v) is 4.68. The molecule has 0 atom stereocenters. The average Bonchev–Trinajstić information content (AvgIpc) is 2.62. The van der Waals surface area contributed by atoms with Crippen molar-refractivity contribution in [3.05, 3.63) is 48.0 Å². The predicted molar refractivity (Wildman–Crippen MR) is 96.6 cm³/mol. The Labute approximate surface area is 143 Å². The smallest absolute Gasteiger partial charge is 0.226 e. The van der Waals surface area contributed by atoms with Crippen LogP contribution >= 0.6 is 0 Å². The predicted octanol–water partition coefficient (Wildman–Crippen LogP) is 3.27. The molecule has 24 heavy (non-hydrogen) atoms. The Morgan fingerprint density at radius 3 is 2.67 bits per heavy atom. The summed E-state index contributed by atoms with van der Waals surface area (Å²) in [7, 11) is 0. The molecule has 2 aromatic rings. The van der Waals surface area contributed by atoms with Crippen molar-refractivity contribution in [3.8, 4) is 12.3 Å². The summed E-state index contributed by atoms with van der Waals surface area (Å²) in [6.45, 7) is 2.71. The monoisotopic (exact) mass is 321 g/mol. The first-order chi connectivity index (χ1) is 11.8. The fourth-order valence-corrected chi connectivity index (χ4v) is 3.27. The van der Waals surface area contributed by atoms with Gasteiger partial charge in [0.25, 0.3) is 0 Å². The molecule has 0 spiro atoms. The summed E-state index contributed by atoms with van der Waals surface area (Å²) >= 11 is 0. The lowest BCUT2D eigenvalue weighted by Gasteiger charge is -2.32. The number of carbonyl (C=O) groups is 1. The van der Waals surface area contributed by atoms with E-state index in [9.17, 15) is 4.79 Å². The van der Waals surface area contributed by atoms with E-state index in [2.05, 4.69) is 36.3 Å². The van der Waals surface area contributed by atoms with Crippen molar-refractivity contribution in [3.63, 3.8) is 0 Å². The average molecular weight is 321 g/mol. The van der Waals surface area contributed by atoms with Gasteiger partial charge < -0.3 is 9.64 Å². The van der Waals surface area contributed by atoms with E-state index in [1.807, 2.05) is 17.0 Å². The standard InChI is InChI=1S/C21H23NO2/c1-2-13-24-16-17-9-11-22(12-10-17)21(23)15-18-7-8-19-5-3-4-6-20(19)14-18/h1,3-8,14,17H,9-13,15-16H2. The van der Waals surface area contributed by atoms with Gasteiger partial charge >= 0.3 is 0 Å². The van der Waals surface area contributed by atoms with Crippen LogP contribution in [-0.4, -0.2) is 37.1 Å². The van der Waals surface area contributed by atoms with Crippen molar-refractivity contribution < 1.29 is 9.53 Å². The Balaban J connectivity index is 1.53. The molecule has 0 aliphatic carbocycles. The molecule has 0 unspecified atom stereocenters. The number of piperidine rings is 1. The van der Waals surface area contributed by atoms with Crippen LogP contribution in [0.3, 0.4) is 0 Å². The van der Waals surface area contributed by atoms with E-state index in [0.717, 1.165) is 31.5 Å². The number of carbonyl (C=O) groups excluding carboxylic acids is 1. The van der Waals surface area contributed by atoms with E-state index in [1.165, 1.54) is 10.8 Å². The van der Waals surface area contributed by atoms with Crippen molar-refractivity contribution in [1.29, 1.82) is 0 Å². The van der Waals surface area contributed by atoms with Gasteiger partial charge in [-0.1, -0.05) is 48.4 Å². The molecule has 1 aliphatic rings. The van der Waals surface area contributed by atoms with Gasteiger partial charge in [0.1, 0.15) is 6.61 Å². The molecular weight excluding hydrogens is 298 g/mol. The summed E-state index contributed by atoms with van der Waals surface area (Å²) in [4.78, 5) is 14.5. The molecule has 3 heteroatoms. The largest absolute Gasteiger partial charge is 0.369 e. The molecule has 3 nitrogen and oxygen atoms in total. The van der Waals surface area contributed by atoms with E-state index in [-0.39, 0.29) is 5.91 Å². The summed E-state index contributed by atoms with van der Waals surface area (Å²) in [5, 5.41) is 2.40. The van der Waals surface area contributed by atoms with E-state index in [1.54, 1.807) is 0 Å². The van der Waals surface area contributed by atoms with Gasteiger partial charge in [-0.3, -0.25) is 4.79 Å². The van der Waals surface area contributed by atoms with Gasteiger partial charge in [-0.15, -0.1) is 6.42 Å². The normalized spacial score (nSPS) is 15.4. The van der Waals surface area contributed by atoms with Gasteiger partial charge in [0, 0.05) is 13.1 Å². The first-order valence-electron chi connectivity index (χ1n) is 8.53. The minimum Gasteiger partial charge on any atom is -0.369 e. The number of terminal acetylenes is 1. The third-order valence-electron chi connectivity index (χ3n) is 4.68. The number of ether oxygens (including phenoxy) is 1. The second-order valence-corrected chi connectivity index (χ2v) is 6.40. The molecule has 0 saturated carbocycles. The topological polar surface area (TPSA) is 29.5 Å². The molecule has 0 aromatic heterocycles. The SMILES string of the molecule is C#CCOCC1CCN(C(=O)Cc2ccc3ccccc3c2)CC1. The summed E-state index contributed by atoms with van der Waals surface area (Å²) in [6, 6.07) is 14.5. The van der Waals surface area contributed by atoms with Gasteiger partial charge in [0.2, 0.25) is 5.91 Å². The maximum atomic E-state index is 12.5. The molecular formula is C21H23NO2. The van der Waals surface area contributed by atoms with Crippen molar-refractivity contribution in [2.45, 2.75) is 19.3 Å². The van der Waals surface area contributed by atoms with Crippen molar-refractivity contribution >= 4 is 16.7 Å². The summed E-state index contributed by atoms with van der Waals surface area (Å²) in [5.74, 6) is 3.22. The molecule has 2 aromatic carbocycles. The van der Waals surface area contributed by atoms with Crippen LogP contribution in [0.2, 0.25) is 0 Å². The highest BCUT2D eigenvalue weighted by Gasteiger charge is 2.22. The Bertz CT molecular complexity index is 739. The van der Waals surface area contributed by atoms with Crippen LogP contribution in [0.4, 0.5) is 0 Å². The number of fused-ring (bicyclic) bond motifs is 1.